The SMILES string of the molecule is Cc1nc2sccc2c(=O)n1NC(=O)Cc1csc(-c2ccc(C(F)(F)F)cc2)n1. The van der Waals surface area contributed by atoms with E-state index < -0.39 is 17.6 Å². The molecule has 1 N–H and O–H groups in total. The molecule has 1 amide bonds. The van der Waals surface area contributed by atoms with E-state index in [4.69, 9.17) is 0 Å². The van der Waals surface area contributed by atoms with Crippen molar-refractivity contribution in [2.45, 2.75) is 19.5 Å². The maximum absolute atomic E-state index is 12.7. The van der Waals surface area contributed by atoms with Gasteiger partial charge in [-0.25, -0.2) is 14.6 Å². The summed E-state index contributed by atoms with van der Waals surface area (Å²) in [5, 5.41) is 4.33. The topological polar surface area (TPSA) is 76.9 Å². The summed E-state index contributed by atoms with van der Waals surface area (Å²) in [6.07, 6.45) is -4.49. The maximum Gasteiger partial charge on any atom is 0.416 e. The second kappa shape index (κ2) is 7.65. The highest BCUT2D eigenvalue weighted by Gasteiger charge is 2.30. The lowest BCUT2D eigenvalue weighted by Crippen LogP contribution is -2.36. The number of fused-ring (bicyclic) bond motifs is 1. The molecule has 0 aliphatic rings. The van der Waals surface area contributed by atoms with Crippen LogP contribution in [0.5, 0.6) is 0 Å². The molecule has 0 radical (unpaired) electrons. The number of thiophene rings is 1. The molecule has 154 valence electrons. The summed E-state index contributed by atoms with van der Waals surface area (Å²) < 4.78 is 39.2. The number of hydrogen-bond acceptors (Lipinski definition) is 6. The number of nitrogens with one attached hydrogen (secondary N) is 1. The first-order valence-electron chi connectivity index (χ1n) is 8.61. The lowest BCUT2D eigenvalue weighted by Gasteiger charge is -2.10. The normalized spacial score (nSPS) is 11.7. The molecular formula is C19H13F3N4O2S2. The standard InChI is InChI=1S/C19H13F3N4O2S2/c1-10-23-17-14(6-7-29-17)18(28)26(10)25-15(27)8-13-9-30-16(24-13)11-2-4-12(5-3-11)19(20,21)22/h2-7,9H,8H2,1H3,(H,25,27). The third-order valence-electron chi connectivity index (χ3n) is 4.25. The van der Waals surface area contributed by atoms with Gasteiger partial charge in [-0.15, -0.1) is 22.7 Å². The van der Waals surface area contributed by atoms with Gasteiger partial charge in [0, 0.05) is 10.9 Å². The van der Waals surface area contributed by atoms with Crippen molar-refractivity contribution in [1.29, 1.82) is 0 Å². The quantitative estimate of drug-likeness (QED) is 0.505. The number of rotatable bonds is 4. The highest BCUT2D eigenvalue weighted by molar-refractivity contribution is 7.16. The zero-order valence-corrected chi connectivity index (χ0v) is 17.0. The molecule has 30 heavy (non-hydrogen) atoms. The molecule has 0 fully saturated rings. The molecule has 4 rings (SSSR count). The van der Waals surface area contributed by atoms with Crippen molar-refractivity contribution in [1.82, 2.24) is 14.6 Å². The zero-order valence-electron chi connectivity index (χ0n) is 15.4. The van der Waals surface area contributed by atoms with Crippen molar-refractivity contribution in [2.24, 2.45) is 0 Å². The molecule has 0 saturated heterocycles. The number of thiazole rings is 1. The van der Waals surface area contributed by atoms with Crippen molar-refractivity contribution in [3.8, 4) is 10.6 Å². The minimum atomic E-state index is -4.40. The van der Waals surface area contributed by atoms with Gasteiger partial charge in [0.05, 0.1) is 23.1 Å². The molecule has 0 aliphatic heterocycles. The third kappa shape index (κ3) is 3.98. The average Bonchev–Trinajstić information content (AvgIpc) is 3.34. The smallest absolute Gasteiger partial charge is 0.273 e. The third-order valence-corrected chi connectivity index (χ3v) is 6.00. The fourth-order valence-corrected chi connectivity index (χ4v) is 4.42. The lowest BCUT2D eigenvalue weighted by molar-refractivity contribution is -0.137. The first kappa shape index (κ1) is 20.2. The van der Waals surface area contributed by atoms with Gasteiger partial charge in [0.15, 0.2) is 0 Å². The van der Waals surface area contributed by atoms with E-state index in [2.05, 4.69) is 15.4 Å². The Morgan fingerprint density at radius 1 is 1.13 bits per heavy atom. The molecule has 3 heterocycles. The fraction of sp³-hybridized carbons (Fsp3) is 0.158. The Hall–Kier alpha value is -3.05. The van der Waals surface area contributed by atoms with Gasteiger partial charge < -0.3 is 0 Å². The molecule has 6 nitrogen and oxygen atoms in total. The van der Waals surface area contributed by atoms with Crippen molar-refractivity contribution >= 4 is 38.8 Å². The monoisotopic (exact) mass is 450 g/mol. The number of carbonyl (C=O) groups is 1. The lowest BCUT2D eigenvalue weighted by atomic mass is 10.1. The Morgan fingerprint density at radius 3 is 2.57 bits per heavy atom. The van der Waals surface area contributed by atoms with Crippen LogP contribution >= 0.6 is 22.7 Å². The summed E-state index contributed by atoms with van der Waals surface area (Å²) in [5.74, 6) is -0.104. The van der Waals surface area contributed by atoms with Crippen LogP contribution in [-0.4, -0.2) is 20.6 Å². The van der Waals surface area contributed by atoms with Gasteiger partial charge in [0.25, 0.3) is 5.56 Å². The molecular weight excluding hydrogens is 437 g/mol. The van der Waals surface area contributed by atoms with Crippen molar-refractivity contribution in [3.05, 3.63) is 68.5 Å². The van der Waals surface area contributed by atoms with Crippen molar-refractivity contribution in [2.75, 3.05) is 5.43 Å². The van der Waals surface area contributed by atoms with Crippen LogP contribution in [0.15, 0.2) is 45.9 Å². The van der Waals surface area contributed by atoms with Gasteiger partial charge >= 0.3 is 6.18 Å². The number of hydrogen-bond donors (Lipinski definition) is 1. The summed E-state index contributed by atoms with van der Waals surface area (Å²) in [7, 11) is 0. The molecule has 0 saturated carbocycles. The van der Waals surface area contributed by atoms with E-state index in [1.807, 2.05) is 0 Å². The van der Waals surface area contributed by atoms with Crippen LogP contribution < -0.4 is 11.0 Å². The molecule has 0 atom stereocenters. The zero-order chi connectivity index (χ0) is 21.5. The largest absolute Gasteiger partial charge is 0.416 e. The number of aryl methyl sites for hydroxylation is 1. The Labute approximate surface area is 175 Å². The summed E-state index contributed by atoms with van der Waals surface area (Å²) in [5.41, 5.74) is 2.40. The van der Waals surface area contributed by atoms with Crippen LogP contribution in [0.25, 0.3) is 20.8 Å². The fourth-order valence-electron chi connectivity index (χ4n) is 2.80. The number of aromatic nitrogens is 3. The second-order valence-electron chi connectivity index (χ2n) is 6.37. The Morgan fingerprint density at radius 2 is 1.87 bits per heavy atom. The Bertz CT molecular complexity index is 1290. The van der Waals surface area contributed by atoms with E-state index in [1.165, 1.54) is 34.8 Å². The second-order valence-corrected chi connectivity index (χ2v) is 8.12. The highest BCUT2D eigenvalue weighted by atomic mass is 32.1. The van der Waals surface area contributed by atoms with Crippen molar-refractivity contribution < 1.29 is 18.0 Å². The van der Waals surface area contributed by atoms with E-state index in [-0.39, 0.29) is 12.0 Å². The Kier molecular flexibility index (Phi) is 5.16. The number of carbonyl (C=O) groups excluding carboxylic acids is 1. The number of alkyl halides is 3. The molecule has 3 aromatic heterocycles. The van der Waals surface area contributed by atoms with E-state index >= 15 is 0 Å². The van der Waals surface area contributed by atoms with Crippen LogP contribution in [0, 0.1) is 6.92 Å². The number of halogens is 3. The van der Waals surface area contributed by atoms with Crippen LogP contribution in [-0.2, 0) is 17.4 Å². The maximum atomic E-state index is 12.7. The molecule has 11 heteroatoms. The predicted octanol–water partition coefficient (Wildman–Crippen LogP) is 4.22. The number of amides is 1. The molecule has 4 aromatic rings. The van der Waals surface area contributed by atoms with Crippen LogP contribution in [0.4, 0.5) is 13.2 Å². The Balaban J connectivity index is 1.49. The molecule has 0 aliphatic carbocycles. The number of benzene rings is 1. The first-order chi connectivity index (χ1) is 14.2. The molecule has 0 unspecified atom stereocenters. The van der Waals surface area contributed by atoms with Gasteiger partial charge in [-0.2, -0.15) is 13.2 Å². The minimum absolute atomic E-state index is 0.0926. The predicted molar refractivity (Wildman–Crippen MR) is 109 cm³/mol. The van der Waals surface area contributed by atoms with Gasteiger partial charge in [0.2, 0.25) is 5.91 Å². The van der Waals surface area contributed by atoms with Gasteiger partial charge in [-0.1, -0.05) is 12.1 Å². The van der Waals surface area contributed by atoms with Gasteiger partial charge in [0.1, 0.15) is 15.7 Å². The molecule has 0 bridgehead atoms. The molecule has 1 aromatic carbocycles. The van der Waals surface area contributed by atoms with Gasteiger partial charge in [-0.3, -0.25) is 15.0 Å². The van der Waals surface area contributed by atoms with Gasteiger partial charge in [-0.05, 0) is 30.5 Å². The summed E-state index contributed by atoms with van der Waals surface area (Å²) in [4.78, 5) is 34.1. The van der Waals surface area contributed by atoms with E-state index in [0.717, 1.165) is 16.8 Å². The summed E-state index contributed by atoms with van der Waals surface area (Å²) in [6, 6.07) is 6.32. The van der Waals surface area contributed by atoms with E-state index in [0.29, 0.717) is 32.3 Å². The van der Waals surface area contributed by atoms with E-state index in [1.54, 1.807) is 23.8 Å². The summed E-state index contributed by atoms with van der Waals surface area (Å²) >= 11 is 2.56. The minimum Gasteiger partial charge on any atom is -0.273 e. The van der Waals surface area contributed by atoms with Crippen LogP contribution in [0.2, 0.25) is 0 Å². The van der Waals surface area contributed by atoms with E-state index in [9.17, 15) is 22.8 Å². The number of nitrogens with zero attached hydrogens (tertiary/aromatic N) is 3. The molecule has 0 spiro atoms. The van der Waals surface area contributed by atoms with Crippen LogP contribution in [0.3, 0.4) is 0 Å². The van der Waals surface area contributed by atoms with Crippen LogP contribution in [0.1, 0.15) is 17.1 Å². The first-order valence-corrected chi connectivity index (χ1v) is 10.4. The highest BCUT2D eigenvalue weighted by Crippen LogP contribution is 2.31. The van der Waals surface area contributed by atoms with Crippen molar-refractivity contribution in [3.63, 3.8) is 0 Å². The summed E-state index contributed by atoms with van der Waals surface area (Å²) in [6.45, 7) is 1.62. The average molecular weight is 450 g/mol.